The molecule has 4 nitrogen and oxygen atoms in total. The number of nitrogens with one attached hydrogen (secondary N) is 1. The van der Waals surface area contributed by atoms with Gasteiger partial charge in [-0.05, 0) is 41.8 Å². The Bertz CT molecular complexity index is 959. The molecule has 1 atom stereocenters. The summed E-state index contributed by atoms with van der Waals surface area (Å²) in [4.78, 5) is 16.7. The quantitative estimate of drug-likeness (QED) is 0.577. The molecule has 2 aromatic rings. The normalized spacial score (nSPS) is 18.7. The molecule has 0 aromatic heterocycles. The maximum Gasteiger partial charge on any atom is 0.435 e. The largest absolute Gasteiger partial charge is 0.435 e. The highest BCUT2D eigenvalue weighted by atomic mass is 35.5. The van der Waals surface area contributed by atoms with E-state index in [1.54, 1.807) is 24.3 Å². The van der Waals surface area contributed by atoms with Gasteiger partial charge in [-0.1, -0.05) is 53.5 Å². The Morgan fingerprint density at radius 1 is 1.20 bits per heavy atom. The number of hydrogen-bond donors (Lipinski definition) is 1. The molecule has 0 saturated heterocycles. The fourth-order valence-electron chi connectivity index (χ4n) is 3.22. The van der Waals surface area contributed by atoms with Gasteiger partial charge < -0.3 is 10.2 Å². The summed E-state index contributed by atoms with van der Waals surface area (Å²) in [6.07, 6.45) is -4.14. The molecule has 1 heterocycles. The molecule has 0 saturated carbocycles. The van der Waals surface area contributed by atoms with Crippen LogP contribution in [0.4, 0.5) is 13.2 Å². The van der Waals surface area contributed by atoms with E-state index in [1.807, 2.05) is 6.92 Å². The number of rotatable bonds is 6. The minimum absolute atomic E-state index is 0.0722. The van der Waals surface area contributed by atoms with E-state index in [0.717, 1.165) is 12.0 Å². The second-order valence-corrected chi connectivity index (χ2v) is 7.89. The second-order valence-electron chi connectivity index (χ2n) is 7.02. The van der Waals surface area contributed by atoms with Crippen LogP contribution >= 0.6 is 23.2 Å². The number of amides is 1. The van der Waals surface area contributed by atoms with Crippen molar-refractivity contribution in [1.82, 2.24) is 5.32 Å². The Labute approximate surface area is 182 Å². The highest BCUT2D eigenvalue weighted by Gasteiger charge is 2.62. The molecule has 9 heteroatoms. The summed E-state index contributed by atoms with van der Waals surface area (Å²) in [5.41, 5.74) is -1.52. The molecule has 1 amide bonds. The number of oxime groups is 1. The topological polar surface area (TPSA) is 50.7 Å². The number of nitrogens with zero attached hydrogens (tertiary/aromatic N) is 1. The van der Waals surface area contributed by atoms with Crippen LogP contribution in [0, 0.1) is 0 Å². The molecule has 1 aliphatic heterocycles. The zero-order valence-electron chi connectivity index (χ0n) is 16.0. The van der Waals surface area contributed by atoms with Gasteiger partial charge in [0.1, 0.15) is 0 Å². The van der Waals surface area contributed by atoms with Gasteiger partial charge in [0.15, 0.2) is 0 Å². The Hall–Kier alpha value is -2.25. The highest BCUT2D eigenvalue weighted by molar-refractivity contribution is 6.34. The predicted molar refractivity (Wildman–Crippen MR) is 110 cm³/mol. The number of halogens is 5. The van der Waals surface area contributed by atoms with Crippen LogP contribution in [0.15, 0.2) is 47.6 Å². The Balaban J connectivity index is 1.86. The lowest BCUT2D eigenvalue weighted by atomic mass is 9.86. The lowest BCUT2D eigenvalue weighted by Gasteiger charge is -2.29. The summed E-state index contributed by atoms with van der Waals surface area (Å²) in [5.74, 6) is -0.0848. The summed E-state index contributed by atoms with van der Waals surface area (Å²) < 4.78 is 42.3. The van der Waals surface area contributed by atoms with Crippen molar-refractivity contribution >= 4 is 34.8 Å². The van der Waals surface area contributed by atoms with Gasteiger partial charge in [-0.15, -0.1) is 0 Å². The molecule has 0 fully saturated rings. The van der Waals surface area contributed by atoms with Gasteiger partial charge >= 0.3 is 6.18 Å². The average Bonchev–Trinajstić information content (AvgIpc) is 3.13. The molecule has 2 aromatic carbocycles. The minimum atomic E-state index is -4.75. The van der Waals surface area contributed by atoms with Crippen molar-refractivity contribution in [3.05, 3.63) is 69.2 Å². The smallest absolute Gasteiger partial charge is 0.374 e. The van der Waals surface area contributed by atoms with Gasteiger partial charge in [0.25, 0.3) is 5.60 Å². The maximum atomic E-state index is 14.1. The van der Waals surface area contributed by atoms with E-state index in [9.17, 15) is 18.0 Å². The van der Waals surface area contributed by atoms with Crippen molar-refractivity contribution in [1.29, 1.82) is 0 Å². The van der Waals surface area contributed by atoms with Crippen molar-refractivity contribution in [2.75, 3.05) is 0 Å². The monoisotopic (exact) mass is 458 g/mol. The maximum absolute atomic E-state index is 14.1. The lowest BCUT2D eigenvalue weighted by Crippen LogP contribution is -2.42. The molecule has 0 bridgehead atoms. The Morgan fingerprint density at radius 2 is 1.90 bits per heavy atom. The molecule has 30 heavy (non-hydrogen) atoms. The number of benzene rings is 2. The molecule has 3 rings (SSSR count). The number of hydrogen-bond acceptors (Lipinski definition) is 3. The van der Waals surface area contributed by atoms with Crippen LogP contribution in [0.1, 0.15) is 42.9 Å². The fourth-order valence-corrected chi connectivity index (χ4v) is 3.75. The molecule has 1 N–H and O–H groups in total. The standard InChI is InChI=1S/C21H19Cl2F3N2O2/c1-2-4-19(29)27-12-13-5-3-6-14(7-13)18-11-20(30-28-18,21(24,25)26)15-8-16(22)10-17(23)9-15/h3,5-10H,2,4,11-12H2,1H3,(H,27,29). The summed E-state index contributed by atoms with van der Waals surface area (Å²) >= 11 is 11.8. The summed E-state index contributed by atoms with van der Waals surface area (Å²) in [5, 5.41) is 6.67. The van der Waals surface area contributed by atoms with Crippen LogP contribution in [-0.4, -0.2) is 17.8 Å². The average molecular weight is 459 g/mol. The summed E-state index contributed by atoms with van der Waals surface area (Å²) in [6.45, 7) is 2.17. The van der Waals surface area contributed by atoms with Gasteiger partial charge in [-0.2, -0.15) is 13.2 Å². The van der Waals surface area contributed by atoms with E-state index in [0.29, 0.717) is 12.0 Å². The van der Waals surface area contributed by atoms with Crippen molar-refractivity contribution in [3.63, 3.8) is 0 Å². The van der Waals surface area contributed by atoms with Crippen molar-refractivity contribution in [3.8, 4) is 0 Å². The SMILES string of the molecule is CCCC(=O)NCc1cccc(C2=NOC(c3cc(Cl)cc(Cl)c3)(C(F)(F)F)C2)c1. The third-order valence-corrected chi connectivity index (χ3v) is 5.18. The third kappa shape index (κ3) is 4.73. The molecule has 0 spiro atoms. The van der Waals surface area contributed by atoms with Gasteiger partial charge in [0.05, 0.1) is 5.71 Å². The van der Waals surface area contributed by atoms with Gasteiger partial charge in [0, 0.05) is 35.0 Å². The van der Waals surface area contributed by atoms with E-state index >= 15 is 0 Å². The summed E-state index contributed by atoms with van der Waals surface area (Å²) in [7, 11) is 0. The van der Waals surface area contributed by atoms with Crippen LogP contribution in [0.3, 0.4) is 0 Å². The predicted octanol–water partition coefficient (Wildman–Crippen LogP) is 5.99. The van der Waals surface area contributed by atoms with Gasteiger partial charge in [-0.3, -0.25) is 4.79 Å². The van der Waals surface area contributed by atoms with E-state index < -0.39 is 18.2 Å². The molecule has 0 aliphatic carbocycles. The number of alkyl halides is 3. The first-order chi connectivity index (χ1) is 14.1. The Morgan fingerprint density at radius 3 is 2.53 bits per heavy atom. The van der Waals surface area contributed by atoms with Crippen LogP contribution in [0.2, 0.25) is 10.0 Å². The Kier molecular flexibility index (Phi) is 6.62. The molecule has 0 radical (unpaired) electrons. The van der Waals surface area contributed by atoms with Crippen molar-refractivity contribution < 1.29 is 22.8 Å². The first-order valence-corrected chi connectivity index (χ1v) is 10.0. The van der Waals surface area contributed by atoms with E-state index in [1.165, 1.54) is 18.2 Å². The zero-order valence-corrected chi connectivity index (χ0v) is 17.5. The highest BCUT2D eigenvalue weighted by Crippen LogP contribution is 2.49. The first kappa shape index (κ1) is 22.4. The van der Waals surface area contributed by atoms with Crippen LogP contribution in [0.5, 0.6) is 0 Å². The van der Waals surface area contributed by atoms with E-state index in [-0.39, 0.29) is 33.8 Å². The van der Waals surface area contributed by atoms with Gasteiger partial charge in [-0.25, -0.2) is 0 Å². The summed E-state index contributed by atoms with van der Waals surface area (Å²) in [6, 6.07) is 10.5. The fraction of sp³-hybridized carbons (Fsp3) is 0.333. The van der Waals surface area contributed by atoms with Crippen molar-refractivity contribution in [2.45, 2.75) is 44.5 Å². The number of carbonyl (C=O) groups is 1. The zero-order chi connectivity index (χ0) is 21.9. The van der Waals surface area contributed by atoms with E-state index in [4.69, 9.17) is 28.0 Å². The lowest BCUT2D eigenvalue weighted by molar-refractivity contribution is -0.275. The number of carbonyl (C=O) groups excluding carboxylic acids is 1. The molecular weight excluding hydrogens is 440 g/mol. The molecule has 1 unspecified atom stereocenters. The van der Waals surface area contributed by atoms with Crippen LogP contribution in [-0.2, 0) is 21.8 Å². The van der Waals surface area contributed by atoms with Crippen LogP contribution < -0.4 is 5.32 Å². The third-order valence-electron chi connectivity index (χ3n) is 4.74. The second kappa shape index (κ2) is 8.86. The minimum Gasteiger partial charge on any atom is -0.374 e. The van der Waals surface area contributed by atoms with E-state index in [2.05, 4.69) is 10.5 Å². The molecule has 160 valence electrons. The molecule has 1 aliphatic rings. The van der Waals surface area contributed by atoms with Crippen LogP contribution in [0.25, 0.3) is 0 Å². The van der Waals surface area contributed by atoms with Crippen molar-refractivity contribution in [2.24, 2.45) is 5.16 Å². The molecular formula is C21H19Cl2F3N2O2. The van der Waals surface area contributed by atoms with Gasteiger partial charge in [0.2, 0.25) is 5.91 Å². The first-order valence-electron chi connectivity index (χ1n) is 9.29.